The van der Waals surface area contributed by atoms with E-state index >= 15 is 0 Å². The Balaban J connectivity index is 2.14. The van der Waals surface area contributed by atoms with Crippen molar-refractivity contribution in [3.63, 3.8) is 0 Å². The van der Waals surface area contributed by atoms with Crippen LogP contribution in [0.4, 0.5) is 5.95 Å². The zero-order valence-electron chi connectivity index (χ0n) is 10.3. The van der Waals surface area contributed by atoms with Crippen LogP contribution in [0.25, 0.3) is 0 Å². The Morgan fingerprint density at radius 3 is 2.31 bits per heavy atom. The maximum absolute atomic E-state index is 5.66. The fourth-order valence-electron chi connectivity index (χ4n) is 2.36. The molecule has 2 rings (SSSR count). The van der Waals surface area contributed by atoms with E-state index in [-0.39, 0.29) is 0 Å². The molecule has 1 aromatic heterocycles. The van der Waals surface area contributed by atoms with Gasteiger partial charge in [-0.25, -0.2) is 4.98 Å². The van der Waals surface area contributed by atoms with Gasteiger partial charge in [0.05, 0.1) is 0 Å². The molecule has 1 aliphatic carbocycles. The largest absolute Gasteiger partial charge is 0.368 e. The number of nitrogens with zero attached hydrogens (tertiary/aromatic N) is 3. The highest BCUT2D eigenvalue weighted by Crippen LogP contribution is 2.41. The summed E-state index contributed by atoms with van der Waals surface area (Å²) in [7, 11) is 0. The fraction of sp³-hybridized carbons (Fsp3) is 0.750. The first-order valence-electron chi connectivity index (χ1n) is 5.94. The summed E-state index contributed by atoms with van der Waals surface area (Å²) in [5.74, 6) is 2.44. The van der Waals surface area contributed by atoms with Crippen LogP contribution < -0.4 is 5.73 Å². The van der Waals surface area contributed by atoms with E-state index in [2.05, 4.69) is 28.8 Å². The van der Waals surface area contributed by atoms with Gasteiger partial charge in [0.15, 0.2) is 0 Å². The molecule has 1 aromatic rings. The Morgan fingerprint density at radius 1 is 1.12 bits per heavy atom. The van der Waals surface area contributed by atoms with Crippen molar-refractivity contribution in [3.05, 3.63) is 11.6 Å². The number of aryl methyl sites for hydroxylation is 1. The molecule has 0 unspecified atom stereocenters. The van der Waals surface area contributed by atoms with Crippen molar-refractivity contribution in [1.29, 1.82) is 0 Å². The van der Waals surface area contributed by atoms with Crippen molar-refractivity contribution >= 4 is 5.95 Å². The van der Waals surface area contributed by atoms with Gasteiger partial charge in [0, 0.05) is 5.92 Å². The van der Waals surface area contributed by atoms with E-state index in [1.54, 1.807) is 0 Å². The summed E-state index contributed by atoms with van der Waals surface area (Å²) in [6.45, 7) is 6.53. The van der Waals surface area contributed by atoms with Crippen LogP contribution in [0.15, 0.2) is 0 Å². The van der Waals surface area contributed by atoms with Gasteiger partial charge in [-0.05, 0) is 38.0 Å². The molecule has 0 radical (unpaired) electrons. The summed E-state index contributed by atoms with van der Waals surface area (Å²) in [6.07, 6.45) is 4.80. The van der Waals surface area contributed by atoms with E-state index in [9.17, 15) is 0 Å². The predicted octanol–water partition coefficient (Wildman–Crippen LogP) is 2.45. The molecule has 0 bridgehead atoms. The minimum atomic E-state index is 0.354. The number of nitrogens with two attached hydrogens (primary N) is 1. The highest BCUT2D eigenvalue weighted by atomic mass is 15.1. The van der Waals surface area contributed by atoms with Crippen LogP contribution in [0.1, 0.15) is 57.1 Å². The standard InChI is InChI=1S/C12H20N4/c1-8-14-10(16-11(13)15-8)9-4-6-12(2,3)7-5-9/h9H,4-7H2,1-3H3,(H2,13,14,15,16). The summed E-state index contributed by atoms with van der Waals surface area (Å²) in [5, 5.41) is 0. The van der Waals surface area contributed by atoms with Gasteiger partial charge in [-0.3, -0.25) is 0 Å². The van der Waals surface area contributed by atoms with Gasteiger partial charge in [-0.1, -0.05) is 13.8 Å². The fourth-order valence-corrected chi connectivity index (χ4v) is 2.36. The molecule has 0 atom stereocenters. The summed E-state index contributed by atoms with van der Waals surface area (Å²) < 4.78 is 0. The van der Waals surface area contributed by atoms with Gasteiger partial charge in [0.25, 0.3) is 0 Å². The highest BCUT2D eigenvalue weighted by Gasteiger charge is 2.29. The molecule has 0 saturated heterocycles. The lowest BCUT2D eigenvalue weighted by atomic mass is 9.73. The zero-order valence-corrected chi connectivity index (χ0v) is 10.3. The first-order valence-corrected chi connectivity index (χ1v) is 5.94. The number of rotatable bonds is 1. The van der Waals surface area contributed by atoms with E-state index in [0.717, 1.165) is 24.5 Å². The zero-order chi connectivity index (χ0) is 11.8. The summed E-state index contributed by atoms with van der Waals surface area (Å²) in [4.78, 5) is 12.7. The lowest BCUT2D eigenvalue weighted by Crippen LogP contribution is -2.22. The molecule has 1 aliphatic rings. The summed E-state index contributed by atoms with van der Waals surface area (Å²) in [5.41, 5.74) is 6.13. The third-order valence-electron chi connectivity index (χ3n) is 3.49. The minimum absolute atomic E-state index is 0.354. The molecule has 1 saturated carbocycles. The normalized spacial score (nSPS) is 20.9. The number of nitrogen functional groups attached to an aromatic ring is 1. The topological polar surface area (TPSA) is 64.7 Å². The third-order valence-corrected chi connectivity index (χ3v) is 3.49. The second kappa shape index (κ2) is 4.00. The second-order valence-electron chi connectivity index (χ2n) is 5.54. The average molecular weight is 220 g/mol. The van der Waals surface area contributed by atoms with Gasteiger partial charge in [-0.15, -0.1) is 0 Å². The SMILES string of the molecule is Cc1nc(N)nc(C2CCC(C)(C)CC2)n1. The maximum Gasteiger partial charge on any atom is 0.223 e. The number of anilines is 1. The number of aromatic nitrogens is 3. The minimum Gasteiger partial charge on any atom is -0.368 e. The van der Waals surface area contributed by atoms with Crippen LogP contribution in [-0.2, 0) is 0 Å². The molecule has 0 aromatic carbocycles. The Labute approximate surface area is 96.7 Å². The van der Waals surface area contributed by atoms with Crippen molar-refractivity contribution in [1.82, 2.24) is 15.0 Å². The molecule has 1 fully saturated rings. The Morgan fingerprint density at radius 2 is 1.75 bits per heavy atom. The predicted molar refractivity (Wildman–Crippen MR) is 64.0 cm³/mol. The van der Waals surface area contributed by atoms with Gasteiger partial charge in [-0.2, -0.15) is 9.97 Å². The van der Waals surface area contributed by atoms with Crippen LogP contribution in [0.2, 0.25) is 0 Å². The molecule has 0 aliphatic heterocycles. The molecule has 88 valence electrons. The van der Waals surface area contributed by atoms with Crippen LogP contribution in [-0.4, -0.2) is 15.0 Å². The molecule has 0 amide bonds. The van der Waals surface area contributed by atoms with Crippen molar-refractivity contribution in [3.8, 4) is 0 Å². The summed E-state index contributed by atoms with van der Waals surface area (Å²) >= 11 is 0. The highest BCUT2D eigenvalue weighted by molar-refractivity contribution is 5.17. The third kappa shape index (κ3) is 2.49. The lowest BCUT2D eigenvalue weighted by Gasteiger charge is -2.33. The van der Waals surface area contributed by atoms with Crippen LogP contribution in [0.5, 0.6) is 0 Å². The van der Waals surface area contributed by atoms with E-state index in [0.29, 0.717) is 17.3 Å². The maximum atomic E-state index is 5.66. The van der Waals surface area contributed by atoms with Crippen molar-refractivity contribution < 1.29 is 0 Å². The van der Waals surface area contributed by atoms with E-state index in [4.69, 9.17) is 5.73 Å². The Hall–Kier alpha value is -1.19. The number of hydrogen-bond donors (Lipinski definition) is 1. The molecule has 4 heteroatoms. The molecule has 1 heterocycles. The van der Waals surface area contributed by atoms with Gasteiger partial charge in [0.1, 0.15) is 11.6 Å². The van der Waals surface area contributed by atoms with Crippen LogP contribution in [0, 0.1) is 12.3 Å². The molecular weight excluding hydrogens is 200 g/mol. The van der Waals surface area contributed by atoms with Crippen molar-refractivity contribution in [2.75, 3.05) is 5.73 Å². The molecular formula is C12H20N4. The van der Waals surface area contributed by atoms with Gasteiger partial charge in [0.2, 0.25) is 5.95 Å². The summed E-state index contributed by atoms with van der Waals surface area (Å²) in [6, 6.07) is 0. The first-order chi connectivity index (χ1) is 7.46. The van der Waals surface area contributed by atoms with Crippen molar-refractivity contribution in [2.45, 2.75) is 52.4 Å². The van der Waals surface area contributed by atoms with E-state index in [1.165, 1.54) is 12.8 Å². The quantitative estimate of drug-likeness (QED) is 0.789. The Bertz CT molecular complexity index is 356. The van der Waals surface area contributed by atoms with Gasteiger partial charge < -0.3 is 5.73 Å². The monoisotopic (exact) mass is 220 g/mol. The van der Waals surface area contributed by atoms with E-state index in [1.807, 2.05) is 6.92 Å². The van der Waals surface area contributed by atoms with Crippen molar-refractivity contribution in [2.24, 2.45) is 5.41 Å². The van der Waals surface area contributed by atoms with Gasteiger partial charge >= 0.3 is 0 Å². The average Bonchev–Trinajstić information content (AvgIpc) is 2.15. The van der Waals surface area contributed by atoms with Crippen LogP contribution >= 0.6 is 0 Å². The lowest BCUT2D eigenvalue weighted by molar-refractivity contribution is 0.220. The number of hydrogen-bond acceptors (Lipinski definition) is 4. The second-order valence-corrected chi connectivity index (χ2v) is 5.54. The molecule has 2 N–H and O–H groups in total. The molecule has 4 nitrogen and oxygen atoms in total. The molecule has 0 spiro atoms. The Kier molecular flexibility index (Phi) is 2.82. The smallest absolute Gasteiger partial charge is 0.223 e. The first kappa shape index (κ1) is 11.3. The van der Waals surface area contributed by atoms with Crippen LogP contribution in [0.3, 0.4) is 0 Å². The molecule has 16 heavy (non-hydrogen) atoms. The van der Waals surface area contributed by atoms with E-state index < -0.39 is 0 Å².